The molecule has 0 radical (unpaired) electrons. The van der Waals surface area contributed by atoms with Crippen LogP contribution in [0.1, 0.15) is 34.7 Å². The predicted octanol–water partition coefficient (Wildman–Crippen LogP) is 10.5. The fraction of sp³-hybridized carbons (Fsp3) is 0.0714. The van der Waals surface area contributed by atoms with E-state index in [-0.39, 0.29) is 0 Å². The maximum Gasteiger partial charge on any atom is 0.0945 e. The first-order valence-electron chi connectivity index (χ1n) is 15.3. The van der Waals surface area contributed by atoms with Crippen molar-refractivity contribution in [2.75, 3.05) is 12.4 Å². The second-order valence-electron chi connectivity index (χ2n) is 11.8. The summed E-state index contributed by atoms with van der Waals surface area (Å²) >= 11 is 0. The Labute approximate surface area is 257 Å². The zero-order chi connectivity index (χ0) is 29.4. The van der Waals surface area contributed by atoms with Gasteiger partial charge in [0, 0.05) is 24.2 Å². The van der Waals surface area contributed by atoms with Crippen LogP contribution in [0.25, 0.3) is 61.1 Å². The van der Waals surface area contributed by atoms with Gasteiger partial charge in [-0.15, -0.1) is 0 Å². The highest BCUT2D eigenvalue weighted by atomic mass is 14.9. The molecule has 208 valence electrons. The van der Waals surface area contributed by atoms with E-state index in [4.69, 9.17) is 4.98 Å². The van der Waals surface area contributed by atoms with Gasteiger partial charge < -0.3 is 5.32 Å². The summed E-state index contributed by atoms with van der Waals surface area (Å²) in [6.45, 7) is 2.07. The van der Waals surface area contributed by atoms with Gasteiger partial charge in [-0.25, -0.2) is 0 Å². The van der Waals surface area contributed by atoms with Gasteiger partial charge in [-0.1, -0.05) is 115 Å². The minimum absolute atomic E-state index is 0.433. The summed E-state index contributed by atoms with van der Waals surface area (Å²) in [7, 11) is 1.98. The van der Waals surface area contributed by atoms with Gasteiger partial charge in [-0.05, 0) is 91.5 Å². The third-order valence-electron chi connectivity index (χ3n) is 9.81. The Hall–Kier alpha value is -5.47. The smallest absolute Gasteiger partial charge is 0.0945 e. The van der Waals surface area contributed by atoms with E-state index in [9.17, 15) is 0 Å². The molecule has 1 N–H and O–H groups in total. The van der Waals surface area contributed by atoms with Crippen molar-refractivity contribution in [3.63, 3.8) is 0 Å². The number of hydrogen-bond donors (Lipinski definition) is 1. The number of nitrogens with one attached hydrogen (secondary N) is 1. The van der Waals surface area contributed by atoms with E-state index in [0.717, 1.165) is 22.2 Å². The van der Waals surface area contributed by atoms with E-state index in [0.29, 0.717) is 0 Å². The molecule has 2 aliphatic carbocycles. The zero-order valence-electron chi connectivity index (χ0n) is 24.7. The lowest BCUT2D eigenvalue weighted by Crippen LogP contribution is -2.31. The summed E-state index contributed by atoms with van der Waals surface area (Å²) in [4.78, 5) is 4.85. The largest absolute Gasteiger partial charge is 0.386 e. The van der Waals surface area contributed by atoms with Crippen LogP contribution in [-0.2, 0) is 5.41 Å². The normalized spacial score (nSPS) is 16.0. The van der Waals surface area contributed by atoms with Crippen LogP contribution in [0.3, 0.4) is 0 Å². The molecule has 9 rings (SSSR count). The van der Waals surface area contributed by atoms with Gasteiger partial charge >= 0.3 is 0 Å². The quantitative estimate of drug-likeness (QED) is 0.232. The molecule has 2 nitrogen and oxygen atoms in total. The van der Waals surface area contributed by atoms with Crippen LogP contribution < -0.4 is 5.32 Å². The molecule has 0 saturated heterocycles. The molecule has 0 aliphatic heterocycles. The van der Waals surface area contributed by atoms with E-state index in [1.54, 1.807) is 0 Å². The first kappa shape index (κ1) is 25.1. The number of pyridine rings is 1. The van der Waals surface area contributed by atoms with Crippen molar-refractivity contribution < 1.29 is 0 Å². The highest BCUT2D eigenvalue weighted by Gasteiger charge is 2.50. The fourth-order valence-corrected chi connectivity index (χ4v) is 8.17. The second-order valence-corrected chi connectivity index (χ2v) is 11.8. The number of benzene rings is 6. The van der Waals surface area contributed by atoms with E-state index >= 15 is 0 Å². The van der Waals surface area contributed by atoms with E-state index in [2.05, 4.69) is 140 Å². The minimum atomic E-state index is -0.433. The van der Waals surface area contributed by atoms with E-state index in [1.165, 1.54) is 66.4 Å². The number of rotatable bonds is 3. The summed E-state index contributed by atoms with van der Waals surface area (Å²) in [5.41, 5.74) is 15.8. The molecule has 1 aromatic heterocycles. The highest BCUT2D eigenvalue weighted by molar-refractivity contribution is 6.08. The molecule has 44 heavy (non-hydrogen) atoms. The molecule has 0 bridgehead atoms. The molecule has 2 aliphatic rings. The van der Waals surface area contributed by atoms with Crippen LogP contribution in [0.15, 0.2) is 134 Å². The van der Waals surface area contributed by atoms with Crippen LogP contribution in [0.4, 0.5) is 5.69 Å². The molecular formula is C42H30N2. The van der Waals surface area contributed by atoms with Crippen molar-refractivity contribution in [2.24, 2.45) is 0 Å². The van der Waals surface area contributed by atoms with Crippen LogP contribution in [0, 0.1) is 0 Å². The van der Waals surface area contributed by atoms with E-state index in [1.807, 2.05) is 19.3 Å². The van der Waals surface area contributed by atoms with Crippen molar-refractivity contribution in [3.05, 3.63) is 161 Å². The Kier molecular flexibility index (Phi) is 5.28. The maximum atomic E-state index is 4.85. The summed E-state index contributed by atoms with van der Waals surface area (Å²) in [5, 5.41) is 7.20. The van der Waals surface area contributed by atoms with Crippen molar-refractivity contribution >= 4 is 33.4 Å². The molecule has 0 saturated carbocycles. The Bertz CT molecular complexity index is 2340. The van der Waals surface area contributed by atoms with Gasteiger partial charge in [0.15, 0.2) is 0 Å². The summed E-state index contributed by atoms with van der Waals surface area (Å²) in [6, 6.07) is 45.4. The van der Waals surface area contributed by atoms with Crippen LogP contribution in [-0.4, -0.2) is 12.0 Å². The van der Waals surface area contributed by atoms with Gasteiger partial charge in [-0.3, -0.25) is 4.98 Å². The standard InChI is InChI=1S/C42H30N2/c1-3-11-28-24-34(33-17-10-23-44-41(33)40(28)43-2)27-21-22-31-29-14-4-6-18-35(29)42(38(31)25-27)36-19-7-5-15-30(36)32-16-8-12-26-13-9-20-37(42)39(26)32/h3-25,43H,1-2H3/b11-3-. The summed E-state index contributed by atoms with van der Waals surface area (Å²) in [6.07, 6.45) is 6.15. The monoisotopic (exact) mass is 562 g/mol. The lowest BCUT2D eigenvalue weighted by atomic mass is 9.61. The fourth-order valence-electron chi connectivity index (χ4n) is 8.17. The van der Waals surface area contributed by atoms with Crippen molar-refractivity contribution in [1.82, 2.24) is 4.98 Å². The third-order valence-corrected chi connectivity index (χ3v) is 9.81. The molecule has 1 unspecified atom stereocenters. The molecule has 1 heterocycles. The molecule has 0 amide bonds. The number of nitrogens with zero attached hydrogens (tertiary/aromatic N) is 1. The number of allylic oxidation sites excluding steroid dienone is 1. The number of fused-ring (bicyclic) bond motifs is 10. The van der Waals surface area contributed by atoms with Crippen molar-refractivity contribution in [1.29, 1.82) is 0 Å². The van der Waals surface area contributed by atoms with Crippen LogP contribution in [0.2, 0.25) is 0 Å². The SMILES string of the molecule is C/C=C\c1cc(-c2ccc3c(c2)C2(c4ccccc4-3)c3ccccc3-c3cccc4cccc2c34)c2cccnc2c1NC. The zero-order valence-corrected chi connectivity index (χ0v) is 24.7. The maximum absolute atomic E-state index is 4.85. The molecule has 6 aromatic carbocycles. The molecular weight excluding hydrogens is 532 g/mol. The number of anilines is 1. The first-order chi connectivity index (χ1) is 21.8. The predicted molar refractivity (Wildman–Crippen MR) is 185 cm³/mol. The minimum Gasteiger partial charge on any atom is -0.386 e. The lowest BCUT2D eigenvalue weighted by molar-refractivity contribution is 0.774. The molecule has 1 atom stereocenters. The van der Waals surface area contributed by atoms with Gasteiger partial charge in [0.05, 0.1) is 16.6 Å². The topological polar surface area (TPSA) is 24.9 Å². The summed E-state index contributed by atoms with van der Waals surface area (Å²) < 4.78 is 0. The summed E-state index contributed by atoms with van der Waals surface area (Å²) in [5.74, 6) is 0. The Balaban J connectivity index is 1.43. The first-order valence-corrected chi connectivity index (χ1v) is 15.3. The van der Waals surface area contributed by atoms with Crippen LogP contribution in [0.5, 0.6) is 0 Å². The van der Waals surface area contributed by atoms with Gasteiger partial charge in [0.2, 0.25) is 0 Å². The van der Waals surface area contributed by atoms with Crippen molar-refractivity contribution in [3.8, 4) is 33.4 Å². The third kappa shape index (κ3) is 3.12. The second kappa shape index (κ2) is 9.26. The molecule has 2 heteroatoms. The molecule has 1 spiro atoms. The van der Waals surface area contributed by atoms with Gasteiger partial charge in [0.1, 0.15) is 0 Å². The Morgan fingerprint density at radius 1 is 0.614 bits per heavy atom. The Morgan fingerprint density at radius 2 is 1.30 bits per heavy atom. The van der Waals surface area contributed by atoms with Gasteiger partial charge in [-0.2, -0.15) is 0 Å². The van der Waals surface area contributed by atoms with Crippen molar-refractivity contribution in [2.45, 2.75) is 12.3 Å². The average Bonchev–Trinajstić information content (AvgIpc) is 3.37. The van der Waals surface area contributed by atoms with Gasteiger partial charge in [0.25, 0.3) is 0 Å². The number of aromatic nitrogens is 1. The highest BCUT2D eigenvalue weighted by Crippen LogP contribution is 2.62. The van der Waals surface area contributed by atoms with E-state index < -0.39 is 5.41 Å². The lowest BCUT2D eigenvalue weighted by Gasteiger charge is -2.40. The average molecular weight is 563 g/mol. The van der Waals surface area contributed by atoms with Crippen LogP contribution >= 0.6 is 0 Å². The molecule has 7 aromatic rings. The Morgan fingerprint density at radius 3 is 2.07 bits per heavy atom. The number of hydrogen-bond acceptors (Lipinski definition) is 2. The molecule has 0 fully saturated rings.